The second-order valence-electron chi connectivity index (χ2n) is 6.51. The topological polar surface area (TPSA) is 45.8 Å². The van der Waals surface area contributed by atoms with E-state index in [1.165, 1.54) is 5.56 Å². The number of rotatable bonds is 7. The van der Waals surface area contributed by atoms with Crippen molar-refractivity contribution in [3.8, 4) is 5.75 Å². The predicted octanol–water partition coefficient (Wildman–Crippen LogP) is 3.27. The van der Waals surface area contributed by atoms with Crippen molar-refractivity contribution in [3.63, 3.8) is 0 Å². The van der Waals surface area contributed by atoms with Gasteiger partial charge < -0.3 is 20.1 Å². The first-order chi connectivity index (χ1) is 13.2. The lowest BCUT2D eigenvalue weighted by Gasteiger charge is -2.33. The lowest BCUT2D eigenvalue weighted by Crippen LogP contribution is -2.47. The van der Waals surface area contributed by atoms with E-state index in [9.17, 15) is 0 Å². The van der Waals surface area contributed by atoms with Gasteiger partial charge in [0.1, 0.15) is 5.75 Å². The van der Waals surface area contributed by atoms with Crippen molar-refractivity contribution in [1.29, 1.82) is 0 Å². The molecule has 0 aliphatic carbocycles. The number of hydrogen-bond donors (Lipinski definition) is 2. The number of nitrogens with zero attached hydrogens (tertiary/aromatic N) is 1. The lowest BCUT2D eigenvalue weighted by molar-refractivity contribution is -0.0279. The molecule has 1 fully saturated rings. The first-order valence-corrected chi connectivity index (χ1v) is 9.79. The summed E-state index contributed by atoms with van der Waals surface area (Å²) in [5.74, 6) is 0.857. The van der Waals surface area contributed by atoms with E-state index in [2.05, 4.69) is 39.8 Å². The minimum Gasteiger partial charge on any atom is -0.494 e. The first kappa shape index (κ1) is 19.6. The van der Waals surface area contributed by atoms with Crippen LogP contribution in [0.5, 0.6) is 5.75 Å². The van der Waals surface area contributed by atoms with Crippen molar-refractivity contribution in [2.75, 3.05) is 38.2 Å². The van der Waals surface area contributed by atoms with E-state index in [0.29, 0.717) is 18.3 Å². The number of anilines is 1. The van der Waals surface area contributed by atoms with Crippen molar-refractivity contribution in [2.24, 2.45) is 0 Å². The Labute approximate surface area is 166 Å². The number of thiocarbonyl (C=S) groups is 1. The van der Waals surface area contributed by atoms with Crippen LogP contribution in [0.4, 0.5) is 5.69 Å². The molecular formula is C21H27N3O2S. The summed E-state index contributed by atoms with van der Waals surface area (Å²) >= 11 is 5.40. The minimum absolute atomic E-state index is 0.127. The molecule has 0 aromatic heterocycles. The van der Waals surface area contributed by atoms with E-state index in [1.807, 2.05) is 37.3 Å². The van der Waals surface area contributed by atoms with Crippen LogP contribution in [0.2, 0.25) is 0 Å². The van der Waals surface area contributed by atoms with Crippen molar-refractivity contribution >= 4 is 23.0 Å². The SMILES string of the molecule is CCOc1ccc(NC(=S)NC[C@H]2CN(Cc3ccccc3)CCO2)cc1. The molecule has 1 saturated heterocycles. The Morgan fingerprint density at radius 3 is 2.70 bits per heavy atom. The van der Waals surface area contributed by atoms with Gasteiger partial charge in [-0.15, -0.1) is 0 Å². The van der Waals surface area contributed by atoms with Crippen LogP contribution >= 0.6 is 12.2 Å². The summed E-state index contributed by atoms with van der Waals surface area (Å²) in [7, 11) is 0. The van der Waals surface area contributed by atoms with Gasteiger partial charge in [0, 0.05) is 31.9 Å². The van der Waals surface area contributed by atoms with Gasteiger partial charge >= 0.3 is 0 Å². The number of ether oxygens (including phenoxy) is 2. The fourth-order valence-corrected chi connectivity index (χ4v) is 3.27. The van der Waals surface area contributed by atoms with E-state index in [-0.39, 0.29) is 6.10 Å². The van der Waals surface area contributed by atoms with Gasteiger partial charge in [-0.2, -0.15) is 0 Å². The summed E-state index contributed by atoms with van der Waals surface area (Å²) < 4.78 is 11.3. The Balaban J connectivity index is 1.41. The molecule has 144 valence electrons. The first-order valence-electron chi connectivity index (χ1n) is 9.38. The third-order valence-electron chi connectivity index (χ3n) is 4.39. The fraction of sp³-hybridized carbons (Fsp3) is 0.381. The molecule has 3 rings (SSSR count). The fourth-order valence-electron chi connectivity index (χ4n) is 3.07. The number of morpholine rings is 1. The van der Waals surface area contributed by atoms with E-state index in [4.69, 9.17) is 21.7 Å². The van der Waals surface area contributed by atoms with Crippen LogP contribution in [-0.2, 0) is 11.3 Å². The van der Waals surface area contributed by atoms with E-state index in [1.54, 1.807) is 0 Å². The number of benzene rings is 2. The maximum absolute atomic E-state index is 5.88. The highest BCUT2D eigenvalue weighted by atomic mass is 32.1. The summed E-state index contributed by atoms with van der Waals surface area (Å²) in [4.78, 5) is 2.42. The second kappa shape index (κ2) is 10.3. The van der Waals surface area contributed by atoms with Gasteiger partial charge in [0.05, 0.1) is 19.3 Å². The van der Waals surface area contributed by atoms with Crippen molar-refractivity contribution in [1.82, 2.24) is 10.2 Å². The smallest absolute Gasteiger partial charge is 0.170 e. The van der Waals surface area contributed by atoms with E-state index >= 15 is 0 Å². The maximum atomic E-state index is 5.88. The zero-order chi connectivity index (χ0) is 18.9. The molecule has 0 spiro atoms. The van der Waals surface area contributed by atoms with Gasteiger partial charge in [0.15, 0.2) is 5.11 Å². The van der Waals surface area contributed by atoms with E-state index in [0.717, 1.165) is 37.7 Å². The highest BCUT2D eigenvalue weighted by molar-refractivity contribution is 7.80. The monoisotopic (exact) mass is 385 g/mol. The van der Waals surface area contributed by atoms with Crippen LogP contribution in [0.15, 0.2) is 54.6 Å². The Kier molecular flexibility index (Phi) is 7.45. The molecule has 1 aliphatic heterocycles. The third-order valence-corrected chi connectivity index (χ3v) is 4.63. The Morgan fingerprint density at radius 2 is 1.96 bits per heavy atom. The Hall–Kier alpha value is -2.15. The highest BCUT2D eigenvalue weighted by Gasteiger charge is 2.20. The molecule has 2 aromatic carbocycles. The second-order valence-corrected chi connectivity index (χ2v) is 6.91. The molecule has 0 unspecified atom stereocenters. The molecule has 5 nitrogen and oxygen atoms in total. The minimum atomic E-state index is 0.127. The Bertz CT molecular complexity index is 709. The molecule has 1 atom stereocenters. The summed E-state index contributed by atoms with van der Waals surface area (Å²) in [6.45, 7) is 6.88. The number of nitrogens with one attached hydrogen (secondary N) is 2. The molecule has 1 aliphatic rings. The van der Waals surface area contributed by atoms with Crippen molar-refractivity contribution in [2.45, 2.75) is 19.6 Å². The van der Waals surface area contributed by atoms with Crippen LogP contribution in [0.25, 0.3) is 0 Å². The van der Waals surface area contributed by atoms with Crippen molar-refractivity contribution < 1.29 is 9.47 Å². The van der Waals surface area contributed by atoms with Crippen molar-refractivity contribution in [3.05, 3.63) is 60.2 Å². The molecule has 0 saturated carbocycles. The van der Waals surface area contributed by atoms with Crippen LogP contribution < -0.4 is 15.4 Å². The largest absolute Gasteiger partial charge is 0.494 e. The van der Waals surface area contributed by atoms with Gasteiger partial charge in [0.2, 0.25) is 0 Å². The van der Waals surface area contributed by atoms with Crippen LogP contribution in [-0.4, -0.2) is 49.0 Å². The maximum Gasteiger partial charge on any atom is 0.170 e. The average molecular weight is 386 g/mol. The Morgan fingerprint density at radius 1 is 1.19 bits per heavy atom. The molecular weight excluding hydrogens is 358 g/mol. The quantitative estimate of drug-likeness (QED) is 0.714. The normalized spacial score (nSPS) is 17.3. The molecule has 6 heteroatoms. The lowest BCUT2D eigenvalue weighted by atomic mass is 10.2. The molecule has 0 bridgehead atoms. The third kappa shape index (κ3) is 6.50. The molecule has 2 N–H and O–H groups in total. The number of hydrogen-bond acceptors (Lipinski definition) is 4. The van der Waals surface area contributed by atoms with Crippen LogP contribution in [0.3, 0.4) is 0 Å². The molecule has 1 heterocycles. The predicted molar refractivity (Wildman–Crippen MR) is 113 cm³/mol. The van der Waals surface area contributed by atoms with Gasteiger partial charge in [-0.1, -0.05) is 30.3 Å². The highest BCUT2D eigenvalue weighted by Crippen LogP contribution is 2.15. The molecule has 0 radical (unpaired) electrons. The summed E-state index contributed by atoms with van der Waals surface area (Å²) in [6.07, 6.45) is 0.127. The zero-order valence-electron chi connectivity index (χ0n) is 15.7. The summed E-state index contributed by atoms with van der Waals surface area (Å²) in [6, 6.07) is 18.3. The van der Waals surface area contributed by atoms with Crippen LogP contribution in [0.1, 0.15) is 12.5 Å². The molecule has 27 heavy (non-hydrogen) atoms. The van der Waals surface area contributed by atoms with Crippen LogP contribution in [0, 0.1) is 0 Å². The van der Waals surface area contributed by atoms with Gasteiger partial charge in [-0.25, -0.2) is 0 Å². The summed E-state index contributed by atoms with van der Waals surface area (Å²) in [5.41, 5.74) is 2.27. The molecule has 2 aromatic rings. The summed E-state index contributed by atoms with van der Waals surface area (Å²) in [5, 5.41) is 7.06. The average Bonchev–Trinajstić information content (AvgIpc) is 2.69. The standard InChI is InChI=1S/C21H27N3O2S/c1-2-25-19-10-8-18(9-11-19)23-21(27)22-14-20-16-24(12-13-26-20)15-17-6-4-3-5-7-17/h3-11,20H,2,12-16H2,1H3,(H2,22,23,27)/t20-/m0/s1. The molecule has 0 amide bonds. The zero-order valence-corrected chi connectivity index (χ0v) is 16.5. The van der Waals surface area contributed by atoms with Gasteiger partial charge in [0.25, 0.3) is 0 Å². The van der Waals surface area contributed by atoms with E-state index < -0.39 is 0 Å². The van der Waals surface area contributed by atoms with Gasteiger partial charge in [-0.05, 0) is 49.0 Å². The van der Waals surface area contributed by atoms with Gasteiger partial charge in [-0.3, -0.25) is 4.90 Å².